The van der Waals surface area contributed by atoms with Gasteiger partial charge in [-0.1, -0.05) is 0 Å². The van der Waals surface area contributed by atoms with E-state index < -0.39 is 0 Å². The normalized spacial score (nSPS) is 33.5. The summed E-state index contributed by atoms with van der Waals surface area (Å²) in [6.45, 7) is 1.45. The molecule has 5 heteroatoms. The number of likely N-dealkylation sites (tertiary alicyclic amines) is 1. The van der Waals surface area contributed by atoms with Crippen LogP contribution in [0.1, 0.15) is 6.42 Å². The molecule has 0 aromatic heterocycles. The number of hydrogen-bond donors (Lipinski definition) is 1. The molecular weight excluding hydrogens is 172 g/mol. The molecule has 0 aromatic rings. The summed E-state index contributed by atoms with van der Waals surface area (Å²) < 4.78 is 5.33. The van der Waals surface area contributed by atoms with Gasteiger partial charge in [0.05, 0.1) is 12.1 Å². The highest BCUT2D eigenvalue weighted by Crippen LogP contribution is 2.15. The second-order valence-electron chi connectivity index (χ2n) is 3.41. The lowest BCUT2D eigenvalue weighted by atomic mass is 10.0. The van der Waals surface area contributed by atoms with Crippen molar-refractivity contribution in [2.75, 3.05) is 19.7 Å². The minimum absolute atomic E-state index is 0.0137. The van der Waals surface area contributed by atoms with Crippen molar-refractivity contribution in [3.05, 3.63) is 0 Å². The first-order valence-corrected chi connectivity index (χ1v) is 4.40. The van der Waals surface area contributed by atoms with E-state index in [1.165, 1.54) is 0 Å². The van der Waals surface area contributed by atoms with Gasteiger partial charge in [0.25, 0.3) is 0 Å². The van der Waals surface area contributed by atoms with E-state index in [1.807, 2.05) is 0 Å². The largest absolute Gasteiger partial charge is 0.366 e. The van der Waals surface area contributed by atoms with E-state index in [1.54, 1.807) is 4.90 Å². The summed E-state index contributed by atoms with van der Waals surface area (Å²) in [7, 11) is 0. The highest BCUT2D eigenvalue weighted by Gasteiger charge is 2.34. The Morgan fingerprint density at radius 2 is 2.46 bits per heavy atom. The Morgan fingerprint density at radius 3 is 3.23 bits per heavy atom. The lowest BCUT2D eigenvalue weighted by Gasteiger charge is -2.39. The molecule has 0 saturated carbocycles. The number of hydrogen-bond acceptors (Lipinski definition) is 3. The zero-order valence-electron chi connectivity index (χ0n) is 7.23. The highest BCUT2D eigenvalue weighted by molar-refractivity contribution is 5.78. The minimum Gasteiger partial charge on any atom is -0.366 e. The van der Waals surface area contributed by atoms with Crippen molar-refractivity contribution >= 4 is 12.3 Å². The third kappa shape index (κ3) is 1.65. The summed E-state index contributed by atoms with van der Waals surface area (Å²) >= 11 is 0. The van der Waals surface area contributed by atoms with Crippen LogP contribution in [-0.2, 0) is 14.3 Å². The van der Waals surface area contributed by atoms with Crippen LogP contribution < -0.4 is 5.32 Å². The SMILES string of the molecule is O=CN1CC[C@@H]2OCC(=O)N[C@@H]2C1. The molecule has 5 nitrogen and oxygen atoms in total. The van der Waals surface area contributed by atoms with Gasteiger partial charge in [0.1, 0.15) is 6.61 Å². The number of carbonyl (C=O) groups is 2. The number of ether oxygens (including phenoxy) is 1. The fraction of sp³-hybridized carbons (Fsp3) is 0.750. The van der Waals surface area contributed by atoms with Crippen molar-refractivity contribution in [3.63, 3.8) is 0 Å². The number of morpholine rings is 1. The third-order valence-corrected chi connectivity index (χ3v) is 2.50. The average Bonchev–Trinajstić information content (AvgIpc) is 2.16. The van der Waals surface area contributed by atoms with E-state index in [0.717, 1.165) is 19.4 Å². The Balaban J connectivity index is 1.99. The van der Waals surface area contributed by atoms with Gasteiger partial charge in [-0.2, -0.15) is 0 Å². The maximum Gasteiger partial charge on any atom is 0.246 e. The van der Waals surface area contributed by atoms with E-state index >= 15 is 0 Å². The van der Waals surface area contributed by atoms with Gasteiger partial charge in [-0.05, 0) is 6.42 Å². The van der Waals surface area contributed by atoms with Crippen LogP contribution in [0.15, 0.2) is 0 Å². The van der Waals surface area contributed by atoms with Gasteiger partial charge in [0.15, 0.2) is 0 Å². The summed E-state index contributed by atoms with van der Waals surface area (Å²) in [6, 6.07) is -0.0137. The average molecular weight is 184 g/mol. The fourth-order valence-electron chi connectivity index (χ4n) is 1.82. The summed E-state index contributed by atoms with van der Waals surface area (Å²) in [6.07, 6.45) is 1.72. The number of nitrogens with one attached hydrogen (secondary N) is 1. The zero-order valence-corrected chi connectivity index (χ0v) is 7.23. The minimum atomic E-state index is -0.0889. The van der Waals surface area contributed by atoms with Crippen molar-refractivity contribution in [2.24, 2.45) is 0 Å². The van der Waals surface area contributed by atoms with Crippen LogP contribution in [0.5, 0.6) is 0 Å². The maximum absolute atomic E-state index is 11.0. The van der Waals surface area contributed by atoms with Gasteiger partial charge in [-0.15, -0.1) is 0 Å². The predicted octanol–water partition coefficient (Wildman–Crippen LogP) is -1.27. The summed E-state index contributed by atoms with van der Waals surface area (Å²) in [5, 5.41) is 2.82. The molecule has 2 heterocycles. The van der Waals surface area contributed by atoms with Crippen LogP contribution in [0.4, 0.5) is 0 Å². The molecule has 2 amide bonds. The van der Waals surface area contributed by atoms with Crippen molar-refractivity contribution in [1.29, 1.82) is 0 Å². The van der Waals surface area contributed by atoms with Crippen molar-refractivity contribution in [3.8, 4) is 0 Å². The molecule has 0 radical (unpaired) electrons. The highest BCUT2D eigenvalue weighted by atomic mass is 16.5. The number of amides is 2. The standard InChI is InChI=1S/C8H12N2O3/c11-5-10-2-1-7-6(3-10)9-8(12)4-13-7/h5-7H,1-4H2,(H,9,12)/t6-,7+/m1/s1. The molecule has 2 fully saturated rings. The quantitative estimate of drug-likeness (QED) is 0.517. The number of fused-ring (bicyclic) bond motifs is 1. The van der Waals surface area contributed by atoms with Crippen LogP contribution >= 0.6 is 0 Å². The first-order valence-electron chi connectivity index (χ1n) is 4.40. The van der Waals surface area contributed by atoms with Crippen molar-refractivity contribution in [2.45, 2.75) is 18.6 Å². The molecule has 13 heavy (non-hydrogen) atoms. The van der Waals surface area contributed by atoms with E-state index in [2.05, 4.69) is 5.32 Å². The smallest absolute Gasteiger partial charge is 0.246 e. The molecule has 0 aromatic carbocycles. The number of rotatable bonds is 1. The molecule has 0 spiro atoms. The second kappa shape index (κ2) is 3.33. The molecule has 2 aliphatic rings. The molecular formula is C8H12N2O3. The lowest BCUT2D eigenvalue weighted by molar-refractivity contribution is -0.142. The molecule has 1 N–H and O–H groups in total. The Bertz CT molecular complexity index is 231. The van der Waals surface area contributed by atoms with E-state index in [0.29, 0.717) is 6.54 Å². The predicted molar refractivity (Wildman–Crippen MR) is 43.9 cm³/mol. The number of nitrogens with zero attached hydrogens (tertiary/aromatic N) is 1. The molecule has 2 atom stereocenters. The molecule has 0 bridgehead atoms. The van der Waals surface area contributed by atoms with Crippen molar-refractivity contribution in [1.82, 2.24) is 10.2 Å². The van der Waals surface area contributed by atoms with Gasteiger partial charge >= 0.3 is 0 Å². The van der Waals surface area contributed by atoms with Crippen LogP contribution in [0.3, 0.4) is 0 Å². The Labute approximate surface area is 76.0 Å². The van der Waals surface area contributed by atoms with Gasteiger partial charge < -0.3 is 15.0 Å². The first kappa shape index (κ1) is 8.50. The van der Waals surface area contributed by atoms with Gasteiger partial charge in [0.2, 0.25) is 12.3 Å². The molecule has 0 unspecified atom stereocenters. The van der Waals surface area contributed by atoms with Crippen LogP contribution in [-0.4, -0.2) is 49.1 Å². The molecule has 0 aliphatic carbocycles. The van der Waals surface area contributed by atoms with E-state index in [-0.39, 0.29) is 24.7 Å². The van der Waals surface area contributed by atoms with Gasteiger partial charge in [-0.25, -0.2) is 0 Å². The first-order chi connectivity index (χ1) is 6.29. The topological polar surface area (TPSA) is 58.6 Å². The zero-order chi connectivity index (χ0) is 9.26. The van der Waals surface area contributed by atoms with Gasteiger partial charge in [0, 0.05) is 13.1 Å². The fourth-order valence-corrected chi connectivity index (χ4v) is 1.82. The van der Waals surface area contributed by atoms with Gasteiger partial charge in [-0.3, -0.25) is 9.59 Å². The summed E-state index contributed by atoms with van der Waals surface area (Å²) in [4.78, 5) is 23.1. The number of carbonyl (C=O) groups excluding carboxylic acids is 2. The lowest BCUT2D eigenvalue weighted by Crippen LogP contribution is -2.59. The maximum atomic E-state index is 11.0. The summed E-state index contributed by atoms with van der Waals surface area (Å²) in [5.74, 6) is -0.0889. The van der Waals surface area contributed by atoms with E-state index in [4.69, 9.17) is 4.74 Å². The monoisotopic (exact) mass is 184 g/mol. The Kier molecular flexibility index (Phi) is 2.18. The Morgan fingerprint density at radius 1 is 1.62 bits per heavy atom. The Hall–Kier alpha value is -1.10. The number of piperidine rings is 1. The summed E-state index contributed by atoms with van der Waals surface area (Å²) in [5.41, 5.74) is 0. The van der Waals surface area contributed by atoms with Crippen LogP contribution in [0, 0.1) is 0 Å². The van der Waals surface area contributed by atoms with Crippen LogP contribution in [0.25, 0.3) is 0 Å². The molecule has 2 rings (SSSR count). The van der Waals surface area contributed by atoms with Crippen molar-refractivity contribution < 1.29 is 14.3 Å². The van der Waals surface area contributed by atoms with Crippen LogP contribution in [0.2, 0.25) is 0 Å². The van der Waals surface area contributed by atoms with E-state index in [9.17, 15) is 9.59 Å². The second-order valence-corrected chi connectivity index (χ2v) is 3.41. The molecule has 2 saturated heterocycles. The molecule has 72 valence electrons. The molecule has 2 aliphatic heterocycles. The third-order valence-electron chi connectivity index (χ3n) is 2.50.